The molecule has 0 bridgehead atoms. The fourth-order valence-corrected chi connectivity index (χ4v) is 5.12. The number of likely N-dealkylation sites (N-methyl/N-ethyl adjacent to an activating group) is 1. The molecule has 0 fully saturated rings. The van der Waals surface area contributed by atoms with Crippen LogP contribution in [0.2, 0.25) is 5.02 Å². The summed E-state index contributed by atoms with van der Waals surface area (Å²) in [6, 6.07) is 14.7. The van der Waals surface area contributed by atoms with Crippen LogP contribution in [-0.2, 0) is 11.2 Å². The number of aromatic nitrogens is 1. The molecule has 0 spiro atoms. The first-order valence-electron chi connectivity index (χ1n) is 12.1. The number of anilines is 1. The lowest BCUT2D eigenvalue weighted by Gasteiger charge is -2.33. The number of carbonyl (C=O) groups is 2. The first kappa shape index (κ1) is 25.6. The molecule has 1 aliphatic heterocycles. The molecule has 4 aromatic rings. The van der Waals surface area contributed by atoms with Crippen LogP contribution >= 0.6 is 11.6 Å². The topological polar surface area (TPSA) is 81.0 Å². The lowest BCUT2D eigenvalue weighted by molar-refractivity contribution is -0.136. The van der Waals surface area contributed by atoms with E-state index in [2.05, 4.69) is 0 Å². The summed E-state index contributed by atoms with van der Waals surface area (Å²) < 4.78 is 27.1. The molecule has 0 aliphatic carbocycles. The first-order valence-corrected chi connectivity index (χ1v) is 12.5. The fraction of sp³-hybridized carbons (Fsp3) is 0.241. The standard InChI is InChI=1S/C29H26ClFN2O5/c1-16-10-18(29(36)33-17(2)22(13-28(34)35)23-11-19(30)5-7-24(23)33)4-8-26(16)37-15-21-14-32(3)25-12-20(31)6-9-27(25)38-21/h4-12,21H,13-15H2,1-3H3,(H,34,35)/t21-/m0/s1. The van der Waals surface area contributed by atoms with E-state index in [9.17, 15) is 19.1 Å². The Hall–Kier alpha value is -4.04. The normalized spacial score (nSPS) is 14.8. The van der Waals surface area contributed by atoms with Gasteiger partial charge in [0.05, 0.1) is 24.2 Å². The van der Waals surface area contributed by atoms with Crippen molar-refractivity contribution in [2.75, 3.05) is 25.1 Å². The number of carboxylic acid groups (broad SMARTS) is 1. The van der Waals surface area contributed by atoms with E-state index in [4.69, 9.17) is 21.1 Å². The van der Waals surface area contributed by atoms with Crippen LogP contribution in [0, 0.1) is 19.7 Å². The molecule has 196 valence electrons. The smallest absolute Gasteiger partial charge is 0.307 e. The maximum absolute atomic E-state index is 13.6. The van der Waals surface area contributed by atoms with Gasteiger partial charge in [-0.1, -0.05) is 11.6 Å². The Balaban J connectivity index is 1.36. The molecule has 2 heterocycles. The van der Waals surface area contributed by atoms with Gasteiger partial charge in [0.25, 0.3) is 5.91 Å². The maximum Gasteiger partial charge on any atom is 0.307 e. The fourth-order valence-electron chi connectivity index (χ4n) is 4.94. The number of nitrogens with zero attached hydrogens (tertiary/aromatic N) is 2. The van der Waals surface area contributed by atoms with Crippen LogP contribution < -0.4 is 14.4 Å². The molecule has 0 amide bonds. The van der Waals surface area contributed by atoms with E-state index in [0.29, 0.717) is 56.5 Å². The number of hydrogen-bond donors (Lipinski definition) is 1. The Labute approximate surface area is 223 Å². The molecule has 38 heavy (non-hydrogen) atoms. The van der Waals surface area contributed by atoms with Gasteiger partial charge in [0.2, 0.25) is 0 Å². The van der Waals surface area contributed by atoms with Crippen LogP contribution in [0.25, 0.3) is 10.9 Å². The minimum absolute atomic E-state index is 0.216. The third kappa shape index (κ3) is 4.79. The molecule has 0 saturated carbocycles. The highest BCUT2D eigenvalue weighted by atomic mass is 35.5. The minimum atomic E-state index is -0.985. The third-order valence-corrected chi connectivity index (χ3v) is 7.01. The van der Waals surface area contributed by atoms with E-state index in [1.165, 1.54) is 16.7 Å². The van der Waals surface area contributed by atoms with Gasteiger partial charge < -0.3 is 19.5 Å². The van der Waals surface area contributed by atoms with Crippen molar-refractivity contribution in [3.63, 3.8) is 0 Å². The highest BCUT2D eigenvalue weighted by molar-refractivity contribution is 6.31. The van der Waals surface area contributed by atoms with Gasteiger partial charge in [-0.25, -0.2) is 4.39 Å². The van der Waals surface area contributed by atoms with E-state index < -0.39 is 5.97 Å². The molecule has 9 heteroatoms. The minimum Gasteiger partial charge on any atom is -0.489 e. The summed E-state index contributed by atoms with van der Waals surface area (Å²) in [5, 5.41) is 10.5. The van der Waals surface area contributed by atoms with Crippen molar-refractivity contribution in [3.05, 3.63) is 87.8 Å². The number of carbonyl (C=O) groups excluding carboxylic acids is 1. The monoisotopic (exact) mass is 536 g/mol. The molecular weight excluding hydrogens is 511 g/mol. The maximum atomic E-state index is 13.6. The van der Waals surface area contributed by atoms with Crippen molar-refractivity contribution in [2.24, 2.45) is 0 Å². The van der Waals surface area contributed by atoms with Gasteiger partial charge in [0, 0.05) is 34.8 Å². The van der Waals surface area contributed by atoms with Crippen molar-refractivity contribution < 1.29 is 28.6 Å². The molecule has 1 atom stereocenters. The van der Waals surface area contributed by atoms with Crippen LogP contribution in [0.1, 0.15) is 27.2 Å². The predicted octanol–water partition coefficient (Wildman–Crippen LogP) is 5.64. The number of hydrogen-bond acceptors (Lipinski definition) is 5. The molecule has 1 aromatic heterocycles. The van der Waals surface area contributed by atoms with E-state index in [0.717, 1.165) is 5.56 Å². The second-order valence-corrected chi connectivity index (χ2v) is 9.90. The Morgan fingerprint density at radius 1 is 1.13 bits per heavy atom. The van der Waals surface area contributed by atoms with Crippen molar-refractivity contribution >= 4 is 40.1 Å². The Bertz CT molecular complexity index is 1580. The number of benzene rings is 3. The summed E-state index contributed by atoms with van der Waals surface area (Å²) in [6.45, 7) is 4.40. The van der Waals surface area contributed by atoms with Gasteiger partial charge in [-0.05, 0) is 73.5 Å². The van der Waals surface area contributed by atoms with E-state index in [-0.39, 0.29) is 30.9 Å². The zero-order chi connectivity index (χ0) is 27.1. The van der Waals surface area contributed by atoms with E-state index >= 15 is 0 Å². The molecule has 0 radical (unpaired) electrons. The molecule has 3 aromatic carbocycles. The Morgan fingerprint density at radius 3 is 2.66 bits per heavy atom. The second kappa shape index (κ2) is 10.0. The number of halogens is 2. The van der Waals surface area contributed by atoms with Gasteiger partial charge in [-0.2, -0.15) is 0 Å². The molecule has 1 aliphatic rings. The third-order valence-electron chi connectivity index (χ3n) is 6.78. The summed E-state index contributed by atoms with van der Waals surface area (Å²) in [4.78, 5) is 27.0. The van der Waals surface area contributed by atoms with Crippen molar-refractivity contribution in [1.29, 1.82) is 0 Å². The highest BCUT2D eigenvalue weighted by Gasteiger charge is 2.25. The highest BCUT2D eigenvalue weighted by Crippen LogP contribution is 2.34. The largest absolute Gasteiger partial charge is 0.489 e. The average molecular weight is 537 g/mol. The van der Waals surface area contributed by atoms with Gasteiger partial charge in [0.1, 0.15) is 30.0 Å². The average Bonchev–Trinajstić information content (AvgIpc) is 3.13. The van der Waals surface area contributed by atoms with Gasteiger partial charge in [-0.15, -0.1) is 0 Å². The van der Waals surface area contributed by atoms with Crippen molar-refractivity contribution in [3.8, 4) is 11.5 Å². The van der Waals surface area contributed by atoms with Crippen LogP contribution in [0.5, 0.6) is 11.5 Å². The second-order valence-electron chi connectivity index (χ2n) is 9.46. The summed E-state index contributed by atoms with van der Waals surface area (Å²) in [6.07, 6.45) is -0.473. The molecule has 5 rings (SSSR count). The van der Waals surface area contributed by atoms with Crippen molar-refractivity contribution in [2.45, 2.75) is 26.4 Å². The predicted molar refractivity (Wildman–Crippen MR) is 144 cm³/mol. The molecule has 1 N–H and O–H groups in total. The van der Waals surface area contributed by atoms with Crippen LogP contribution in [0.15, 0.2) is 54.6 Å². The summed E-state index contributed by atoms with van der Waals surface area (Å²) in [7, 11) is 1.88. The zero-order valence-electron chi connectivity index (χ0n) is 21.1. The Kier molecular flexibility index (Phi) is 6.75. The Morgan fingerprint density at radius 2 is 1.92 bits per heavy atom. The van der Waals surface area contributed by atoms with Crippen LogP contribution in [-0.4, -0.2) is 47.9 Å². The summed E-state index contributed by atoms with van der Waals surface area (Å²) in [5.41, 5.74) is 3.63. The number of ether oxygens (including phenoxy) is 2. The van der Waals surface area contributed by atoms with E-state index in [1.54, 1.807) is 49.4 Å². The van der Waals surface area contributed by atoms with Crippen LogP contribution in [0.4, 0.5) is 10.1 Å². The van der Waals surface area contributed by atoms with Gasteiger partial charge >= 0.3 is 5.97 Å². The number of aryl methyl sites for hydroxylation is 1. The molecule has 0 unspecified atom stereocenters. The molecule has 7 nitrogen and oxygen atoms in total. The number of carboxylic acids is 1. The van der Waals surface area contributed by atoms with Crippen LogP contribution in [0.3, 0.4) is 0 Å². The lowest BCUT2D eigenvalue weighted by atomic mass is 10.1. The number of fused-ring (bicyclic) bond motifs is 2. The number of aliphatic carboxylic acids is 1. The quantitative estimate of drug-likeness (QED) is 0.343. The molecular formula is C29H26ClFN2O5. The lowest BCUT2D eigenvalue weighted by Crippen LogP contribution is -2.41. The molecule has 0 saturated heterocycles. The number of rotatable bonds is 6. The van der Waals surface area contributed by atoms with Gasteiger partial charge in [-0.3, -0.25) is 14.2 Å². The summed E-state index contributed by atoms with van der Waals surface area (Å²) in [5.74, 6) is -0.360. The van der Waals surface area contributed by atoms with Crippen molar-refractivity contribution in [1.82, 2.24) is 4.57 Å². The zero-order valence-corrected chi connectivity index (χ0v) is 21.9. The SMILES string of the molecule is Cc1cc(C(=O)n2c(C)c(CC(=O)O)c3cc(Cl)ccc32)ccc1OC[C@@H]1CN(C)c2cc(F)ccc2O1. The summed E-state index contributed by atoms with van der Waals surface area (Å²) >= 11 is 6.17. The van der Waals surface area contributed by atoms with Gasteiger partial charge in [0.15, 0.2) is 0 Å². The first-order chi connectivity index (χ1) is 18.1. The van der Waals surface area contributed by atoms with E-state index in [1.807, 2.05) is 18.9 Å².